The van der Waals surface area contributed by atoms with E-state index in [1.54, 1.807) is 0 Å². The minimum atomic E-state index is -3.44. The fraction of sp³-hybridized carbons (Fsp3) is 0.900. The van der Waals surface area contributed by atoms with Gasteiger partial charge in [-0.25, -0.2) is 13.1 Å². The highest BCUT2D eigenvalue weighted by molar-refractivity contribution is 7.89. The molecule has 1 rings (SSSR count). The Morgan fingerprint density at radius 1 is 1.41 bits per heavy atom. The maximum Gasteiger partial charge on any atom is 0.214 e. The summed E-state index contributed by atoms with van der Waals surface area (Å²) in [5.41, 5.74) is 4.69. The van der Waals surface area contributed by atoms with Crippen molar-refractivity contribution in [1.29, 1.82) is 5.41 Å². The molecular weight excluding hydrogens is 242 g/mol. The van der Waals surface area contributed by atoms with Crippen molar-refractivity contribution in [2.75, 3.05) is 19.5 Å². The molecule has 0 aromatic carbocycles. The third-order valence-corrected chi connectivity index (χ3v) is 4.54. The summed E-state index contributed by atoms with van der Waals surface area (Å²) in [6.07, 6.45) is 4.07. The lowest BCUT2D eigenvalue weighted by Gasteiger charge is -2.36. The Hall–Kier alpha value is -0.660. The zero-order chi connectivity index (χ0) is 12.9. The first kappa shape index (κ1) is 14.4. The van der Waals surface area contributed by atoms with Crippen molar-refractivity contribution in [2.45, 2.75) is 37.6 Å². The Labute approximate surface area is 102 Å². The van der Waals surface area contributed by atoms with Gasteiger partial charge in [0.2, 0.25) is 10.0 Å². The monoisotopic (exact) mass is 263 g/mol. The van der Waals surface area contributed by atoms with Crippen molar-refractivity contribution in [3.63, 3.8) is 0 Å². The molecule has 17 heavy (non-hydrogen) atoms. The number of hydrogen-bond acceptors (Lipinski definition) is 4. The Morgan fingerprint density at radius 2 is 2.00 bits per heavy atom. The predicted molar refractivity (Wildman–Crippen MR) is 66.5 cm³/mol. The molecule has 100 valence electrons. The lowest BCUT2D eigenvalue weighted by molar-refractivity contribution is 0.216. The second kappa shape index (κ2) is 5.79. The minimum absolute atomic E-state index is 0.0850. The van der Waals surface area contributed by atoms with E-state index in [1.807, 2.05) is 0 Å². The van der Waals surface area contributed by atoms with E-state index in [2.05, 4.69) is 4.72 Å². The molecule has 7 heteroatoms. The molecule has 6 nitrogen and oxygen atoms in total. The number of rotatable bonds is 6. The molecule has 0 unspecified atom stereocenters. The lowest BCUT2D eigenvalue weighted by Crippen LogP contribution is -2.58. The second-order valence-electron chi connectivity index (χ2n) is 4.47. The number of nitrogens with one attached hydrogen (secondary N) is 2. The SMILES string of the molecule is COCCS(=O)(=O)NC1(C(=N)N)CCCCC1. The van der Waals surface area contributed by atoms with Gasteiger partial charge in [0.1, 0.15) is 5.84 Å². The van der Waals surface area contributed by atoms with Crippen LogP contribution >= 0.6 is 0 Å². The van der Waals surface area contributed by atoms with Crippen LogP contribution in [0.2, 0.25) is 0 Å². The Kier molecular flexibility index (Phi) is 4.91. The first-order valence-electron chi connectivity index (χ1n) is 5.77. The average Bonchev–Trinajstić information content (AvgIpc) is 2.27. The van der Waals surface area contributed by atoms with Gasteiger partial charge in [0.25, 0.3) is 0 Å². The molecule has 4 N–H and O–H groups in total. The summed E-state index contributed by atoms with van der Waals surface area (Å²) in [4.78, 5) is 0. The fourth-order valence-corrected chi connectivity index (χ4v) is 3.52. The zero-order valence-corrected chi connectivity index (χ0v) is 11.0. The molecule has 1 saturated carbocycles. The van der Waals surface area contributed by atoms with E-state index in [-0.39, 0.29) is 18.2 Å². The van der Waals surface area contributed by atoms with Crippen molar-refractivity contribution >= 4 is 15.9 Å². The van der Waals surface area contributed by atoms with Gasteiger partial charge in [0, 0.05) is 7.11 Å². The van der Waals surface area contributed by atoms with Crippen molar-refractivity contribution in [2.24, 2.45) is 5.73 Å². The van der Waals surface area contributed by atoms with Crippen molar-refractivity contribution in [3.05, 3.63) is 0 Å². The highest BCUT2D eigenvalue weighted by atomic mass is 32.2. The molecule has 0 radical (unpaired) electrons. The van der Waals surface area contributed by atoms with Gasteiger partial charge < -0.3 is 10.5 Å². The van der Waals surface area contributed by atoms with Gasteiger partial charge in [-0.3, -0.25) is 5.41 Å². The average molecular weight is 263 g/mol. The molecule has 1 fully saturated rings. The third-order valence-electron chi connectivity index (χ3n) is 3.13. The van der Waals surface area contributed by atoms with E-state index in [0.717, 1.165) is 19.3 Å². The number of hydrogen-bond donors (Lipinski definition) is 3. The van der Waals surface area contributed by atoms with Crippen LogP contribution in [0.25, 0.3) is 0 Å². The minimum Gasteiger partial charge on any atom is -0.386 e. The fourth-order valence-electron chi connectivity index (χ4n) is 2.12. The van der Waals surface area contributed by atoms with Crippen molar-refractivity contribution in [3.8, 4) is 0 Å². The molecule has 0 amide bonds. The maximum atomic E-state index is 11.8. The molecule has 1 aliphatic rings. The Morgan fingerprint density at radius 3 is 2.47 bits per heavy atom. The highest BCUT2D eigenvalue weighted by Gasteiger charge is 2.38. The van der Waals surface area contributed by atoms with E-state index in [0.29, 0.717) is 12.8 Å². The van der Waals surface area contributed by atoms with Gasteiger partial charge in [0.15, 0.2) is 0 Å². The Balaban J connectivity index is 2.76. The van der Waals surface area contributed by atoms with E-state index >= 15 is 0 Å². The van der Waals surface area contributed by atoms with Crippen LogP contribution in [0.3, 0.4) is 0 Å². The molecule has 0 aliphatic heterocycles. The number of methoxy groups -OCH3 is 1. The van der Waals surface area contributed by atoms with Gasteiger partial charge in [0.05, 0.1) is 17.9 Å². The summed E-state index contributed by atoms with van der Waals surface area (Å²) in [6.45, 7) is 0.142. The summed E-state index contributed by atoms with van der Waals surface area (Å²) in [5, 5.41) is 7.61. The summed E-state index contributed by atoms with van der Waals surface area (Å²) >= 11 is 0. The summed E-state index contributed by atoms with van der Waals surface area (Å²) in [7, 11) is -1.99. The topological polar surface area (TPSA) is 105 Å². The van der Waals surface area contributed by atoms with Crippen molar-refractivity contribution < 1.29 is 13.2 Å². The molecule has 0 aromatic heterocycles. The summed E-state index contributed by atoms with van der Waals surface area (Å²) < 4.78 is 31.0. The van der Waals surface area contributed by atoms with Gasteiger partial charge in [-0.2, -0.15) is 0 Å². The third kappa shape index (κ3) is 3.93. The molecule has 0 heterocycles. The van der Waals surface area contributed by atoms with Crippen LogP contribution in [-0.4, -0.2) is 39.3 Å². The highest BCUT2D eigenvalue weighted by Crippen LogP contribution is 2.28. The summed E-state index contributed by atoms with van der Waals surface area (Å²) in [6, 6.07) is 0. The molecule has 0 atom stereocenters. The van der Waals surface area contributed by atoms with Crippen LogP contribution in [0.4, 0.5) is 0 Å². The lowest BCUT2D eigenvalue weighted by atomic mass is 9.82. The van der Waals surface area contributed by atoms with E-state index in [1.165, 1.54) is 7.11 Å². The number of ether oxygens (including phenoxy) is 1. The first-order valence-corrected chi connectivity index (χ1v) is 7.42. The molecule has 0 aromatic rings. The largest absolute Gasteiger partial charge is 0.386 e. The van der Waals surface area contributed by atoms with Gasteiger partial charge in [-0.05, 0) is 12.8 Å². The first-order chi connectivity index (χ1) is 7.92. The van der Waals surface area contributed by atoms with Crippen LogP contribution in [-0.2, 0) is 14.8 Å². The van der Waals surface area contributed by atoms with Crippen molar-refractivity contribution in [1.82, 2.24) is 4.72 Å². The second-order valence-corrected chi connectivity index (χ2v) is 6.31. The molecule has 0 bridgehead atoms. The van der Waals surface area contributed by atoms with Gasteiger partial charge in [-0.15, -0.1) is 0 Å². The van der Waals surface area contributed by atoms with Crippen LogP contribution in [0, 0.1) is 5.41 Å². The molecular formula is C10H21N3O3S. The molecule has 0 saturated heterocycles. The number of amidine groups is 1. The number of sulfonamides is 1. The van der Waals surface area contributed by atoms with Gasteiger partial charge >= 0.3 is 0 Å². The molecule has 0 spiro atoms. The van der Waals surface area contributed by atoms with Crippen LogP contribution in [0.5, 0.6) is 0 Å². The smallest absolute Gasteiger partial charge is 0.214 e. The predicted octanol–water partition coefficient (Wildman–Crippen LogP) is 0.191. The van der Waals surface area contributed by atoms with E-state index in [4.69, 9.17) is 15.9 Å². The van der Waals surface area contributed by atoms with Crippen LogP contribution < -0.4 is 10.5 Å². The summed E-state index contributed by atoms with van der Waals surface area (Å²) in [5.74, 6) is -0.184. The standard InChI is InChI=1S/C10H21N3O3S/c1-16-7-8-17(14,15)13-10(9(11)12)5-3-2-4-6-10/h13H,2-8H2,1H3,(H3,11,12). The maximum absolute atomic E-state index is 11.8. The van der Waals surface area contributed by atoms with E-state index < -0.39 is 15.6 Å². The quantitative estimate of drug-likeness (QED) is 0.470. The van der Waals surface area contributed by atoms with E-state index in [9.17, 15) is 8.42 Å². The normalized spacial score (nSPS) is 20.1. The Bertz CT molecular complexity index is 361. The van der Waals surface area contributed by atoms with Gasteiger partial charge in [-0.1, -0.05) is 19.3 Å². The molecule has 1 aliphatic carbocycles. The zero-order valence-electron chi connectivity index (χ0n) is 10.2. The number of nitrogens with two attached hydrogens (primary N) is 1. The van der Waals surface area contributed by atoms with Crippen LogP contribution in [0.1, 0.15) is 32.1 Å². The van der Waals surface area contributed by atoms with Crippen LogP contribution in [0.15, 0.2) is 0 Å².